The number of nitrogens with zero attached hydrogens (tertiary/aromatic N) is 2. The molecule has 0 saturated carbocycles. The number of aliphatic hydroxyl groups is 1. The first-order valence-corrected chi connectivity index (χ1v) is 7.27. The number of piperidine rings is 1. The number of hydrogen-bond donors (Lipinski definition) is 1. The fraction of sp³-hybridized carbons (Fsp3) is 0.625. The maximum Gasteiger partial charge on any atom is 0.0917 e. The molecule has 0 aliphatic carbocycles. The van der Waals surface area contributed by atoms with Gasteiger partial charge in [-0.05, 0) is 44.0 Å². The van der Waals surface area contributed by atoms with Crippen molar-refractivity contribution >= 4 is 5.69 Å². The number of hydrogen-bond acceptors (Lipinski definition) is 3. The van der Waals surface area contributed by atoms with E-state index in [1.807, 2.05) is 26.2 Å². The van der Waals surface area contributed by atoms with Crippen molar-refractivity contribution in [1.82, 2.24) is 4.90 Å². The summed E-state index contributed by atoms with van der Waals surface area (Å²) in [5.74, 6) is 0. The molecule has 1 aliphatic heterocycles. The predicted molar refractivity (Wildman–Crippen MR) is 80.6 cm³/mol. The van der Waals surface area contributed by atoms with Crippen molar-refractivity contribution in [2.75, 3.05) is 32.1 Å². The van der Waals surface area contributed by atoms with Crippen molar-refractivity contribution in [2.45, 2.75) is 38.3 Å². The maximum atomic E-state index is 10.4. The van der Waals surface area contributed by atoms with Crippen LogP contribution in [-0.2, 0) is 0 Å². The van der Waals surface area contributed by atoms with Gasteiger partial charge in [-0.2, -0.15) is 0 Å². The van der Waals surface area contributed by atoms with Gasteiger partial charge in [-0.25, -0.2) is 0 Å². The average molecular weight is 262 g/mol. The summed E-state index contributed by atoms with van der Waals surface area (Å²) >= 11 is 0. The van der Waals surface area contributed by atoms with Gasteiger partial charge in [0.05, 0.1) is 6.10 Å². The van der Waals surface area contributed by atoms with Crippen molar-refractivity contribution in [2.24, 2.45) is 0 Å². The average Bonchev–Trinajstić information content (AvgIpc) is 2.41. The highest BCUT2D eigenvalue weighted by molar-refractivity contribution is 5.46. The molecule has 0 radical (unpaired) electrons. The van der Waals surface area contributed by atoms with E-state index in [0.717, 1.165) is 18.7 Å². The van der Waals surface area contributed by atoms with Crippen molar-refractivity contribution in [3.8, 4) is 0 Å². The summed E-state index contributed by atoms with van der Waals surface area (Å²) in [6, 6.07) is 8.81. The van der Waals surface area contributed by atoms with Gasteiger partial charge < -0.3 is 10.0 Å². The van der Waals surface area contributed by atoms with Gasteiger partial charge in [0.25, 0.3) is 0 Å². The topological polar surface area (TPSA) is 26.7 Å². The Morgan fingerprint density at radius 2 is 1.95 bits per heavy atom. The van der Waals surface area contributed by atoms with Crippen LogP contribution in [0.4, 0.5) is 5.69 Å². The van der Waals surface area contributed by atoms with Gasteiger partial charge >= 0.3 is 0 Å². The molecule has 0 amide bonds. The van der Waals surface area contributed by atoms with E-state index >= 15 is 0 Å². The molecule has 1 heterocycles. The summed E-state index contributed by atoms with van der Waals surface area (Å²) in [5.41, 5.74) is 2.19. The van der Waals surface area contributed by atoms with E-state index in [4.69, 9.17) is 0 Å². The maximum absolute atomic E-state index is 10.4. The molecule has 1 aliphatic rings. The molecule has 0 bridgehead atoms. The number of anilines is 1. The van der Waals surface area contributed by atoms with Crippen molar-refractivity contribution < 1.29 is 5.11 Å². The van der Waals surface area contributed by atoms with E-state index in [0.29, 0.717) is 6.04 Å². The lowest BCUT2D eigenvalue weighted by atomic mass is 10.0. The van der Waals surface area contributed by atoms with Crippen LogP contribution in [0.15, 0.2) is 24.3 Å². The van der Waals surface area contributed by atoms with Crippen LogP contribution in [0.5, 0.6) is 0 Å². The van der Waals surface area contributed by atoms with Crippen LogP contribution >= 0.6 is 0 Å². The van der Waals surface area contributed by atoms with Gasteiger partial charge in [0.2, 0.25) is 0 Å². The van der Waals surface area contributed by atoms with E-state index in [2.05, 4.69) is 28.9 Å². The molecule has 3 nitrogen and oxygen atoms in total. The third-order valence-electron chi connectivity index (χ3n) is 4.14. The third kappa shape index (κ3) is 3.71. The first-order valence-electron chi connectivity index (χ1n) is 7.27. The number of rotatable bonds is 4. The van der Waals surface area contributed by atoms with E-state index in [9.17, 15) is 5.11 Å². The first kappa shape index (κ1) is 14.4. The van der Waals surface area contributed by atoms with Crippen LogP contribution in [0.1, 0.15) is 37.9 Å². The van der Waals surface area contributed by atoms with E-state index in [-0.39, 0.29) is 6.10 Å². The number of aliphatic hydroxyl groups excluding tert-OH is 1. The summed E-state index contributed by atoms with van der Waals surface area (Å²) in [6.45, 7) is 4.14. The van der Waals surface area contributed by atoms with Gasteiger partial charge in [-0.1, -0.05) is 18.6 Å². The highest BCUT2D eigenvalue weighted by atomic mass is 16.3. The summed E-state index contributed by atoms with van der Waals surface area (Å²) in [5, 5.41) is 10.4. The minimum atomic E-state index is -0.378. The van der Waals surface area contributed by atoms with Gasteiger partial charge in [-0.15, -0.1) is 0 Å². The highest BCUT2D eigenvalue weighted by Gasteiger charge is 2.21. The molecule has 0 aromatic heterocycles. The second-order valence-corrected chi connectivity index (χ2v) is 5.84. The molecular formula is C16H26N2O. The minimum absolute atomic E-state index is 0.378. The lowest BCUT2D eigenvalue weighted by Crippen LogP contribution is -2.40. The van der Waals surface area contributed by atoms with Crippen LogP contribution in [0, 0.1) is 0 Å². The molecule has 1 saturated heterocycles. The molecule has 1 N–H and O–H groups in total. The smallest absolute Gasteiger partial charge is 0.0917 e. The zero-order valence-corrected chi connectivity index (χ0v) is 12.3. The summed E-state index contributed by atoms with van der Waals surface area (Å²) < 4.78 is 0. The van der Waals surface area contributed by atoms with E-state index < -0.39 is 0 Å². The lowest BCUT2D eigenvalue weighted by Gasteiger charge is -2.34. The first-order chi connectivity index (χ1) is 9.08. The molecule has 19 heavy (non-hydrogen) atoms. The number of likely N-dealkylation sites (tertiary alicyclic amines) is 1. The Labute approximate surface area is 116 Å². The Morgan fingerprint density at radius 1 is 1.26 bits per heavy atom. The van der Waals surface area contributed by atoms with Crippen LogP contribution in [0.25, 0.3) is 0 Å². The molecule has 1 aromatic rings. The largest absolute Gasteiger partial charge is 0.387 e. The fourth-order valence-electron chi connectivity index (χ4n) is 2.75. The molecule has 3 heteroatoms. The standard InChI is InChI=1S/C16H26N2O/c1-13-6-4-5-11-18(13)12-16(19)14-7-9-15(10-8-14)17(2)3/h7-10,13,16,19H,4-6,11-12H2,1-3H3. The van der Waals surface area contributed by atoms with Gasteiger partial charge in [0, 0.05) is 32.4 Å². The molecule has 1 fully saturated rings. The lowest BCUT2D eigenvalue weighted by molar-refractivity contribution is 0.0732. The molecule has 2 rings (SSSR count). The summed E-state index contributed by atoms with van der Waals surface area (Å²) in [4.78, 5) is 4.48. The summed E-state index contributed by atoms with van der Waals surface area (Å²) in [7, 11) is 4.06. The predicted octanol–water partition coefficient (Wildman–Crippen LogP) is 2.66. The summed E-state index contributed by atoms with van der Waals surface area (Å²) in [6.07, 6.45) is 3.46. The molecule has 2 atom stereocenters. The van der Waals surface area contributed by atoms with Crippen molar-refractivity contribution in [3.63, 3.8) is 0 Å². The normalized spacial score (nSPS) is 22.2. The van der Waals surface area contributed by atoms with Gasteiger partial charge in [0.15, 0.2) is 0 Å². The van der Waals surface area contributed by atoms with Gasteiger partial charge in [0.1, 0.15) is 0 Å². The molecular weight excluding hydrogens is 236 g/mol. The number of benzene rings is 1. The minimum Gasteiger partial charge on any atom is -0.387 e. The second kappa shape index (κ2) is 6.40. The zero-order valence-electron chi connectivity index (χ0n) is 12.3. The quantitative estimate of drug-likeness (QED) is 0.903. The second-order valence-electron chi connectivity index (χ2n) is 5.84. The highest BCUT2D eigenvalue weighted by Crippen LogP contribution is 2.22. The van der Waals surface area contributed by atoms with Crippen LogP contribution in [-0.4, -0.2) is 43.2 Å². The third-order valence-corrected chi connectivity index (χ3v) is 4.14. The Bertz CT molecular complexity index is 388. The SMILES string of the molecule is CC1CCCCN1CC(O)c1ccc(N(C)C)cc1. The molecule has 0 spiro atoms. The van der Waals surface area contributed by atoms with Crippen LogP contribution in [0.3, 0.4) is 0 Å². The Kier molecular flexibility index (Phi) is 4.83. The molecule has 1 aromatic carbocycles. The van der Waals surface area contributed by atoms with Crippen molar-refractivity contribution in [3.05, 3.63) is 29.8 Å². The Balaban J connectivity index is 1.97. The van der Waals surface area contributed by atoms with Crippen LogP contribution < -0.4 is 4.90 Å². The van der Waals surface area contributed by atoms with Crippen molar-refractivity contribution in [1.29, 1.82) is 0 Å². The van der Waals surface area contributed by atoms with Crippen LogP contribution in [0.2, 0.25) is 0 Å². The van der Waals surface area contributed by atoms with E-state index in [1.165, 1.54) is 24.9 Å². The Hall–Kier alpha value is -1.06. The Morgan fingerprint density at radius 3 is 2.53 bits per heavy atom. The van der Waals surface area contributed by atoms with E-state index in [1.54, 1.807) is 0 Å². The molecule has 2 unspecified atom stereocenters. The molecule has 106 valence electrons. The van der Waals surface area contributed by atoms with Gasteiger partial charge in [-0.3, -0.25) is 4.90 Å². The number of β-amino-alcohol motifs (C(OH)–C–C–N with tert-alkyl or cyclic N) is 1. The monoisotopic (exact) mass is 262 g/mol. The zero-order chi connectivity index (χ0) is 13.8. The fourth-order valence-corrected chi connectivity index (χ4v) is 2.75.